The zero-order valence-electron chi connectivity index (χ0n) is 10.5. The van der Waals surface area contributed by atoms with E-state index in [-0.39, 0.29) is 5.60 Å². The SMILES string of the molecule is CC(C)CONCC(O)COC(C)(C)C. The second-order valence-corrected chi connectivity index (χ2v) is 5.13. The van der Waals surface area contributed by atoms with Gasteiger partial charge in [0.05, 0.1) is 24.9 Å². The van der Waals surface area contributed by atoms with Crippen molar-refractivity contribution in [3.8, 4) is 0 Å². The van der Waals surface area contributed by atoms with E-state index in [1.165, 1.54) is 0 Å². The fourth-order valence-corrected chi connectivity index (χ4v) is 0.786. The molecule has 0 heterocycles. The van der Waals surface area contributed by atoms with Crippen molar-refractivity contribution < 1.29 is 14.7 Å². The van der Waals surface area contributed by atoms with Crippen LogP contribution in [-0.2, 0) is 9.57 Å². The summed E-state index contributed by atoms with van der Waals surface area (Å²) in [5.74, 6) is 0.487. The minimum atomic E-state index is -0.531. The van der Waals surface area contributed by atoms with E-state index >= 15 is 0 Å². The average molecular weight is 219 g/mol. The molecule has 0 saturated carbocycles. The first-order valence-corrected chi connectivity index (χ1v) is 5.48. The molecule has 0 rings (SSSR count). The van der Waals surface area contributed by atoms with Crippen LogP contribution < -0.4 is 5.48 Å². The summed E-state index contributed by atoms with van der Waals surface area (Å²) in [4.78, 5) is 5.13. The Kier molecular flexibility index (Phi) is 7.09. The zero-order valence-corrected chi connectivity index (χ0v) is 10.5. The van der Waals surface area contributed by atoms with Crippen LogP contribution in [0.1, 0.15) is 34.6 Å². The van der Waals surface area contributed by atoms with Gasteiger partial charge in [0.2, 0.25) is 0 Å². The fraction of sp³-hybridized carbons (Fsp3) is 1.00. The maximum atomic E-state index is 9.51. The molecule has 0 radical (unpaired) electrons. The van der Waals surface area contributed by atoms with Crippen molar-refractivity contribution in [2.75, 3.05) is 19.8 Å². The zero-order chi connectivity index (χ0) is 11.9. The quantitative estimate of drug-likeness (QED) is 0.501. The van der Waals surface area contributed by atoms with E-state index in [1.807, 2.05) is 20.8 Å². The molecule has 92 valence electrons. The first-order chi connectivity index (χ1) is 6.81. The lowest BCUT2D eigenvalue weighted by Crippen LogP contribution is -2.34. The molecule has 0 spiro atoms. The largest absolute Gasteiger partial charge is 0.389 e. The second-order valence-electron chi connectivity index (χ2n) is 5.13. The summed E-state index contributed by atoms with van der Waals surface area (Å²) in [7, 11) is 0. The van der Waals surface area contributed by atoms with Gasteiger partial charge in [0.15, 0.2) is 0 Å². The maximum Gasteiger partial charge on any atom is 0.0921 e. The van der Waals surface area contributed by atoms with Crippen molar-refractivity contribution in [1.82, 2.24) is 5.48 Å². The van der Waals surface area contributed by atoms with Crippen LogP contribution >= 0.6 is 0 Å². The summed E-state index contributed by atoms with van der Waals surface area (Å²) in [5.41, 5.74) is 2.51. The van der Waals surface area contributed by atoms with Crippen molar-refractivity contribution in [1.29, 1.82) is 0 Å². The lowest BCUT2D eigenvalue weighted by atomic mass is 10.2. The highest BCUT2D eigenvalue weighted by atomic mass is 16.6. The van der Waals surface area contributed by atoms with E-state index < -0.39 is 6.10 Å². The maximum absolute atomic E-state index is 9.51. The van der Waals surface area contributed by atoms with Crippen LogP contribution in [0.4, 0.5) is 0 Å². The van der Waals surface area contributed by atoms with Crippen LogP contribution in [0.2, 0.25) is 0 Å². The first kappa shape index (κ1) is 14.8. The van der Waals surface area contributed by atoms with Gasteiger partial charge in [-0.1, -0.05) is 13.8 Å². The van der Waals surface area contributed by atoms with E-state index in [0.29, 0.717) is 25.7 Å². The minimum Gasteiger partial charge on any atom is -0.389 e. The summed E-state index contributed by atoms with van der Waals surface area (Å²) in [6, 6.07) is 0. The topological polar surface area (TPSA) is 50.7 Å². The minimum absolute atomic E-state index is 0.209. The molecule has 0 aliphatic heterocycles. The lowest BCUT2D eigenvalue weighted by molar-refractivity contribution is -0.0649. The van der Waals surface area contributed by atoms with Gasteiger partial charge in [0.1, 0.15) is 0 Å². The summed E-state index contributed by atoms with van der Waals surface area (Å²) in [6.45, 7) is 11.4. The van der Waals surface area contributed by atoms with Crippen LogP contribution in [0.3, 0.4) is 0 Å². The molecule has 0 aromatic heterocycles. The van der Waals surface area contributed by atoms with E-state index in [2.05, 4.69) is 19.3 Å². The van der Waals surface area contributed by atoms with Gasteiger partial charge in [0.25, 0.3) is 0 Å². The lowest BCUT2D eigenvalue weighted by Gasteiger charge is -2.22. The van der Waals surface area contributed by atoms with E-state index in [1.54, 1.807) is 0 Å². The normalized spacial score (nSPS) is 14.6. The molecule has 1 atom stereocenters. The molecule has 0 bridgehead atoms. The van der Waals surface area contributed by atoms with Crippen LogP contribution in [0, 0.1) is 5.92 Å². The van der Waals surface area contributed by atoms with Crippen LogP contribution in [0.15, 0.2) is 0 Å². The molecule has 0 aromatic carbocycles. The molecule has 2 N–H and O–H groups in total. The number of hydroxylamine groups is 1. The highest BCUT2D eigenvalue weighted by Crippen LogP contribution is 2.06. The monoisotopic (exact) mass is 219 g/mol. The number of hydrogen-bond acceptors (Lipinski definition) is 4. The van der Waals surface area contributed by atoms with Crippen molar-refractivity contribution in [3.05, 3.63) is 0 Å². The van der Waals surface area contributed by atoms with Crippen LogP contribution in [0.25, 0.3) is 0 Å². The number of ether oxygens (including phenoxy) is 1. The van der Waals surface area contributed by atoms with Gasteiger partial charge in [-0.05, 0) is 26.7 Å². The molecule has 4 nitrogen and oxygen atoms in total. The number of aliphatic hydroxyl groups is 1. The summed E-state index contributed by atoms with van der Waals surface area (Å²) < 4.78 is 5.42. The number of aliphatic hydroxyl groups excluding tert-OH is 1. The molecule has 1 unspecified atom stereocenters. The number of hydrogen-bond donors (Lipinski definition) is 2. The third kappa shape index (κ3) is 11.8. The Labute approximate surface area is 92.9 Å². The molecule has 15 heavy (non-hydrogen) atoms. The van der Waals surface area contributed by atoms with Crippen molar-refractivity contribution in [2.45, 2.75) is 46.3 Å². The molecular formula is C11H25NO3. The molecule has 0 amide bonds. The van der Waals surface area contributed by atoms with Gasteiger partial charge in [-0.3, -0.25) is 0 Å². The molecule has 0 saturated heterocycles. The highest BCUT2D eigenvalue weighted by Gasteiger charge is 2.13. The van der Waals surface area contributed by atoms with Crippen molar-refractivity contribution >= 4 is 0 Å². The molecular weight excluding hydrogens is 194 g/mol. The number of nitrogens with one attached hydrogen (secondary N) is 1. The van der Waals surface area contributed by atoms with E-state index in [4.69, 9.17) is 9.57 Å². The van der Waals surface area contributed by atoms with Gasteiger partial charge in [-0.2, -0.15) is 5.48 Å². The van der Waals surface area contributed by atoms with E-state index in [9.17, 15) is 5.11 Å². The van der Waals surface area contributed by atoms with Crippen LogP contribution in [-0.4, -0.2) is 36.6 Å². The van der Waals surface area contributed by atoms with Gasteiger partial charge >= 0.3 is 0 Å². The predicted molar refractivity (Wildman–Crippen MR) is 60.5 cm³/mol. The Balaban J connectivity index is 3.38. The van der Waals surface area contributed by atoms with E-state index in [0.717, 1.165) is 0 Å². The Bertz CT molecular complexity index is 154. The smallest absolute Gasteiger partial charge is 0.0921 e. The number of rotatable bonds is 7. The predicted octanol–water partition coefficient (Wildman–Crippen LogP) is 1.34. The molecule has 0 fully saturated rings. The average Bonchev–Trinajstić information content (AvgIpc) is 2.07. The first-order valence-electron chi connectivity index (χ1n) is 5.48. The third-order valence-corrected chi connectivity index (χ3v) is 1.55. The molecule has 0 aliphatic carbocycles. The Morgan fingerprint density at radius 3 is 2.27 bits per heavy atom. The van der Waals surface area contributed by atoms with Crippen molar-refractivity contribution in [2.24, 2.45) is 5.92 Å². The van der Waals surface area contributed by atoms with Crippen molar-refractivity contribution in [3.63, 3.8) is 0 Å². The van der Waals surface area contributed by atoms with Gasteiger partial charge in [-0.15, -0.1) is 0 Å². The Morgan fingerprint density at radius 1 is 1.20 bits per heavy atom. The molecule has 4 heteroatoms. The highest BCUT2D eigenvalue weighted by molar-refractivity contribution is 4.62. The second kappa shape index (κ2) is 7.17. The summed E-state index contributed by atoms with van der Waals surface area (Å²) in [5, 5.41) is 9.51. The Hall–Kier alpha value is -0.160. The fourth-order valence-electron chi connectivity index (χ4n) is 0.786. The van der Waals surface area contributed by atoms with Crippen LogP contribution in [0.5, 0.6) is 0 Å². The summed E-state index contributed by atoms with van der Waals surface area (Å²) in [6.07, 6.45) is -0.531. The standard InChI is InChI=1S/C11H25NO3/c1-9(2)7-15-12-6-10(13)8-14-11(3,4)5/h9-10,12-13H,6-8H2,1-5H3. The van der Waals surface area contributed by atoms with Gasteiger partial charge in [0, 0.05) is 6.54 Å². The third-order valence-electron chi connectivity index (χ3n) is 1.55. The van der Waals surface area contributed by atoms with Gasteiger partial charge < -0.3 is 14.7 Å². The molecule has 0 aromatic rings. The van der Waals surface area contributed by atoms with Gasteiger partial charge in [-0.25, -0.2) is 0 Å². The summed E-state index contributed by atoms with van der Waals surface area (Å²) >= 11 is 0. The molecule has 0 aliphatic rings. The Morgan fingerprint density at radius 2 is 1.80 bits per heavy atom.